The summed E-state index contributed by atoms with van der Waals surface area (Å²) in [7, 11) is 0. The highest BCUT2D eigenvalue weighted by Gasteiger charge is 2.23. The van der Waals surface area contributed by atoms with E-state index < -0.39 is 0 Å². The van der Waals surface area contributed by atoms with E-state index in [0.717, 1.165) is 37.5 Å². The largest absolute Gasteiger partial charge is 0.373 e. The number of allylic oxidation sites excluding steroid dienone is 1. The first-order chi connectivity index (χ1) is 10.2. The molecule has 1 aliphatic rings. The Hall–Kier alpha value is -1.65. The van der Waals surface area contributed by atoms with Gasteiger partial charge >= 0.3 is 0 Å². The number of nitrogens with zero attached hydrogens (tertiary/aromatic N) is 3. The quantitative estimate of drug-likeness (QED) is 0.809. The van der Waals surface area contributed by atoms with Gasteiger partial charge in [0, 0.05) is 19.6 Å². The highest BCUT2D eigenvalue weighted by Crippen LogP contribution is 2.19. The van der Waals surface area contributed by atoms with Crippen LogP contribution in [0.5, 0.6) is 0 Å². The van der Waals surface area contributed by atoms with Gasteiger partial charge in [-0.25, -0.2) is 4.98 Å². The molecule has 1 saturated heterocycles. The van der Waals surface area contributed by atoms with Crippen molar-refractivity contribution in [2.24, 2.45) is 0 Å². The fourth-order valence-electron chi connectivity index (χ4n) is 3.19. The molecule has 4 nitrogen and oxygen atoms in total. The first-order valence-electron chi connectivity index (χ1n) is 7.60. The summed E-state index contributed by atoms with van der Waals surface area (Å²) in [6, 6.07) is 8.30. The standard InChI is InChI=1S/C17H23N3O/c1-4-9-20-16-8-6-5-7-15(16)18-17(20)12-19-10-13(2)21-14(3)11-19/h4-8,13-14H,1,9-12H2,2-3H3. The molecule has 2 atom stereocenters. The van der Waals surface area contributed by atoms with Gasteiger partial charge in [0.1, 0.15) is 5.82 Å². The average molecular weight is 285 g/mol. The van der Waals surface area contributed by atoms with Crippen LogP contribution in [0, 0.1) is 0 Å². The topological polar surface area (TPSA) is 30.3 Å². The van der Waals surface area contributed by atoms with Gasteiger partial charge in [-0.15, -0.1) is 6.58 Å². The maximum Gasteiger partial charge on any atom is 0.124 e. The van der Waals surface area contributed by atoms with Crippen LogP contribution < -0.4 is 0 Å². The Morgan fingerprint density at radius 2 is 2.00 bits per heavy atom. The molecule has 2 unspecified atom stereocenters. The second kappa shape index (κ2) is 6.00. The van der Waals surface area contributed by atoms with Crippen LogP contribution in [0.4, 0.5) is 0 Å². The lowest BCUT2D eigenvalue weighted by Gasteiger charge is -2.35. The van der Waals surface area contributed by atoms with Crippen molar-refractivity contribution in [3.63, 3.8) is 0 Å². The maximum atomic E-state index is 5.81. The van der Waals surface area contributed by atoms with Gasteiger partial charge in [0.2, 0.25) is 0 Å². The molecule has 21 heavy (non-hydrogen) atoms. The summed E-state index contributed by atoms with van der Waals surface area (Å²) < 4.78 is 8.06. The molecular weight excluding hydrogens is 262 g/mol. The van der Waals surface area contributed by atoms with Gasteiger partial charge in [-0.3, -0.25) is 4.90 Å². The lowest BCUT2D eigenvalue weighted by atomic mass is 10.2. The number of hydrogen-bond acceptors (Lipinski definition) is 3. The molecule has 0 bridgehead atoms. The molecule has 1 aliphatic heterocycles. The Morgan fingerprint density at radius 1 is 1.29 bits per heavy atom. The van der Waals surface area contributed by atoms with E-state index >= 15 is 0 Å². The summed E-state index contributed by atoms with van der Waals surface area (Å²) in [5.74, 6) is 1.11. The summed E-state index contributed by atoms with van der Waals surface area (Å²) in [4.78, 5) is 7.24. The van der Waals surface area contributed by atoms with E-state index in [0.29, 0.717) is 0 Å². The zero-order valence-corrected chi connectivity index (χ0v) is 12.8. The van der Waals surface area contributed by atoms with Crippen molar-refractivity contribution in [3.05, 3.63) is 42.7 Å². The minimum Gasteiger partial charge on any atom is -0.373 e. The number of fused-ring (bicyclic) bond motifs is 1. The Kier molecular flexibility index (Phi) is 4.08. The second-order valence-corrected chi connectivity index (χ2v) is 5.87. The van der Waals surface area contributed by atoms with Crippen molar-refractivity contribution in [1.82, 2.24) is 14.5 Å². The number of morpholine rings is 1. The minimum absolute atomic E-state index is 0.283. The average Bonchev–Trinajstić information content (AvgIpc) is 2.76. The van der Waals surface area contributed by atoms with E-state index in [-0.39, 0.29) is 12.2 Å². The van der Waals surface area contributed by atoms with Gasteiger partial charge in [-0.2, -0.15) is 0 Å². The minimum atomic E-state index is 0.283. The monoisotopic (exact) mass is 285 g/mol. The van der Waals surface area contributed by atoms with Gasteiger partial charge < -0.3 is 9.30 Å². The van der Waals surface area contributed by atoms with Crippen LogP contribution in [0.25, 0.3) is 11.0 Å². The van der Waals surface area contributed by atoms with Crippen LogP contribution in [0.15, 0.2) is 36.9 Å². The highest BCUT2D eigenvalue weighted by molar-refractivity contribution is 5.75. The van der Waals surface area contributed by atoms with E-state index in [9.17, 15) is 0 Å². The molecular formula is C17H23N3O. The highest BCUT2D eigenvalue weighted by atomic mass is 16.5. The van der Waals surface area contributed by atoms with E-state index in [1.54, 1.807) is 0 Å². The van der Waals surface area contributed by atoms with Gasteiger partial charge in [0.25, 0.3) is 0 Å². The molecule has 0 aliphatic carbocycles. The lowest BCUT2D eigenvalue weighted by Crippen LogP contribution is -2.45. The Balaban J connectivity index is 1.89. The third kappa shape index (κ3) is 3.01. The lowest BCUT2D eigenvalue weighted by molar-refractivity contribution is -0.0712. The van der Waals surface area contributed by atoms with E-state index in [4.69, 9.17) is 9.72 Å². The van der Waals surface area contributed by atoms with Crippen LogP contribution in [-0.2, 0) is 17.8 Å². The molecule has 2 aromatic rings. The van der Waals surface area contributed by atoms with Crippen molar-refractivity contribution in [3.8, 4) is 0 Å². The zero-order valence-electron chi connectivity index (χ0n) is 12.8. The number of aromatic nitrogens is 2. The summed E-state index contributed by atoms with van der Waals surface area (Å²) in [6.45, 7) is 11.7. The smallest absolute Gasteiger partial charge is 0.124 e. The van der Waals surface area contributed by atoms with Crippen molar-refractivity contribution in [2.75, 3.05) is 13.1 Å². The normalized spacial score (nSPS) is 23.5. The van der Waals surface area contributed by atoms with Gasteiger partial charge in [0.05, 0.1) is 29.8 Å². The second-order valence-electron chi connectivity index (χ2n) is 5.87. The Bertz CT molecular complexity index is 624. The maximum absolute atomic E-state index is 5.81. The van der Waals surface area contributed by atoms with Crippen LogP contribution >= 0.6 is 0 Å². The molecule has 1 aromatic carbocycles. The van der Waals surface area contributed by atoms with E-state index in [1.807, 2.05) is 12.1 Å². The SMILES string of the molecule is C=CCn1c(CN2CC(C)OC(C)C2)nc2ccccc21. The van der Waals surface area contributed by atoms with Crippen LogP contribution in [0.2, 0.25) is 0 Å². The molecule has 0 N–H and O–H groups in total. The molecule has 4 heteroatoms. The third-order valence-corrected chi connectivity index (χ3v) is 3.91. The van der Waals surface area contributed by atoms with Gasteiger partial charge in [-0.1, -0.05) is 18.2 Å². The fourth-order valence-corrected chi connectivity index (χ4v) is 3.19. The Labute approximate surface area is 126 Å². The summed E-state index contributed by atoms with van der Waals surface area (Å²) >= 11 is 0. The molecule has 2 heterocycles. The summed E-state index contributed by atoms with van der Waals surface area (Å²) in [6.07, 6.45) is 2.50. The fraction of sp³-hybridized carbons (Fsp3) is 0.471. The molecule has 0 saturated carbocycles. The van der Waals surface area contributed by atoms with Crippen molar-refractivity contribution >= 4 is 11.0 Å². The van der Waals surface area contributed by atoms with Crippen molar-refractivity contribution in [2.45, 2.75) is 39.1 Å². The Morgan fingerprint density at radius 3 is 2.71 bits per heavy atom. The number of rotatable bonds is 4. The molecule has 1 fully saturated rings. The molecule has 3 rings (SSSR count). The number of imidazole rings is 1. The molecule has 0 spiro atoms. The van der Waals surface area contributed by atoms with Crippen LogP contribution in [0.1, 0.15) is 19.7 Å². The molecule has 0 amide bonds. The molecule has 112 valence electrons. The van der Waals surface area contributed by atoms with E-state index in [1.165, 1.54) is 5.52 Å². The number of benzene rings is 1. The summed E-state index contributed by atoms with van der Waals surface area (Å²) in [5.41, 5.74) is 2.24. The predicted octanol–water partition coefficient (Wildman–Crippen LogP) is 2.83. The number of ether oxygens (including phenoxy) is 1. The van der Waals surface area contributed by atoms with E-state index in [2.05, 4.69) is 48.1 Å². The molecule has 0 radical (unpaired) electrons. The zero-order chi connectivity index (χ0) is 14.8. The predicted molar refractivity (Wildman–Crippen MR) is 85.2 cm³/mol. The van der Waals surface area contributed by atoms with Crippen molar-refractivity contribution < 1.29 is 4.74 Å². The van der Waals surface area contributed by atoms with Crippen molar-refractivity contribution in [1.29, 1.82) is 0 Å². The first kappa shape index (κ1) is 14.3. The van der Waals surface area contributed by atoms with Crippen LogP contribution in [0.3, 0.4) is 0 Å². The third-order valence-electron chi connectivity index (χ3n) is 3.91. The van der Waals surface area contributed by atoms with Crippen LogP contribution in [-0.4, -0.2) is 39.7 Å². The number of hydrogen-bond donors (Lipinski definition) is 0. The first-order valence-corrected chi connectivity index (χ1v) is 7.60. The molecule has 1 aromatic heterocycles. The summed E-state index contributed by atoms with van der Waals surface area (Å²) in [5, 5.41) is 0. The van der Waals surface area contributed by atoms with Gasteiger partial charge in [-0.05, 0) is 26.0 Å². The van der Waals surface area contributed by atoms with Gasteiger partial charge in [0.15, 0.2) is 0 Å². The number of para-hydroxylation sites is 2.